The van der Waals surface area contributed by atoms with Crippen LogP contribution in [0.2, 0.25) is 0 Å². The Hall–Kier alpha value is -1.92. The maximum Gasteiger partial charge on any atom is 0.228 e. The highest BCUT2D eigenvalue weighted by atomic mass is 32.1. The Kier molecular flexibility index (Phi) is 7.23. The summed E-state index contributed by atoms with van der Waals surface area (Å²) in [6, 6.07) is 11.3. The van der Waals surface area contributed by atoms with Crippen molar-refractivity contribution in [3.05, 3.63) is 46.5 Å². The summed E-state index contributed by atoms with van der Waals surface area (Å²) in [5, 5.41) is 4.73. The van der Waals surface area contributed by atoms with Crippen LogP contribution in [0.5, 0.6) is 0 Å². The van der Waals surface area contributed by atoms with E-state index < -0.39 is 0 Å². The van der Waals surface area contributed by atoms with E-state index in [4.69, 9.17) is 4.98 Å². The van der Waals surface area contributed by atoms with Crippen molar-refractivity contribution in [2.45, 2.75) is 76.2 Å². The van der Waals surface area contributed by atoms with Crippen LogP contribution in [0.4, 0.5) is 5.13 Å². The Balaban J connectivity index is 1.45. The number of hydrogen-bond donors (Lipinski definition) is 1. The van der Waals surface area contributed by atoms with Gasteiger partial charge in [-0.15, -0.1) is 11.3 Å². The summed E-state index contributed by atoms with van der Waals surface area (Å²) in [6.07, 6.45) is 7.68. The van der Waals surface area contributed by atoms with Crippen molar-refractivity contribution in [2.75, 3.05) is 38.6 Å². The fourth-order valence-corrected chi connectivity index (χ4v) is 8.44. The van der Waals surface area contributed by atoms with Crippen LogP contribution in [-0.2, 0) is 16.6 Å². The van der Waals surface area contributed by atoms with E-state index in [1.807, 2.05) is 11.3 Å². The van der Waals surface area contributed by atoms with Crippen molar-refractivity contribution >= 4 is 22.4 Å². The van der Waals surface area contributed by atoms with Crippen LogP contribution in [0, 0.1) is 11.8 Å². The monoisotopic (exact) mass is 494 g/mol. The third-order valence-electron chi connectivity index (χ3n) is 9.10. The van der Waals surface area contributed by atoms with E-state index in [2.05, 4.69) is 73.4 Å². The number of thiazole rings is 1. The Morgan fingerprint density at radius 2 is 2.03 bits per heavy atom. The molecule has 5 nitrogen and oxygen atoms in total. The Morgan fingerprint density at radius 1 is 1.26 bits per heavy atom. The molecular weight excluding hydrogens is 452 g/mol. The summed E-state index contributed by atoms with van der Waals surface area (Å²) < 4.78 is 0. The zero-order valence-electron chi connectivity index (χ0n) is 21.9. The quantitative estimate of drug-likeness (QED) is 0.599. The van der Waals surface area contributed by atoms with Crippen LogP contribution in [-0.4, -0.2) is 55.6 Å². The van der Waals surface area contributed by atoms with Gasteiger partial charge in [0, 0.05) is 50.1 Å². The van der Waals surface area contributed by atoms with Crippen molar-refractivity contribution in [1.82, 2.24) is 15.2 Å². The van der Waals surface area contributed by atoms with Crippen LogP contribution in [0.25, 0.3) is 0 Å². The molecule has 1 aromatic carbocycles. The fraction of sp³-hybridized carbons (Fsp3) is 0.655. The van der Waals surface area contributed by atoms with Crippen LogP contribution >= 0.6 is 11.3 Å². The van der Waals surface area contributed by atoms with Crippen molar-refractivity contribution in [2.24, 2.45) is 11.8 Å². The molecule has 2 aromatic rings. The van der Waals surface area contributed by atoms with Gasteiger partial charge < -0.3 is 15.1 Å². The van der Waals surface area contributed by atoms with Crippen LogP contribution in [0.15, 0.2) is 30.3 Å². The van der Waals surface area contributed by atoms with E-state index in [0.717, 1.165) is 69.7 Å². The molecule has 35 heavy (non-hydrogen) atoms. The number of hydrogen-bond acceptors (Lipinski definition) is 5. The first-order valence-corrected chi connectivity index (χ1v) is 14.5. The summed E-state index contributed by atoms with van der Waals surface area (Å²) in [7, 11) is 4.15. The second-order valence-corrected chi connectivity index (χ2v) is 12.1. The molecule has 0 radical (unpaired) electrons. The highest BCUT2D eigenvalue weighted by Crippen LogP contribution is 2.50. The number of fused-ring (bicyclic) bond motifs is 2. The van der Waals surface area contributed by atoms with E-state index in [9.17, 15) is 4.79 Å². The van der Waals surface area contributed by atoms with Gasteiger partial charge in [0.05, 0.1) is 11.6 Å². The summed E-state index contributed by atoms with van der Waals surface area (Å²) in [4.78, 5) is 25.3. The van der Waals surface area contributed by atoms with Gasteiger partial charge in [0.1, 0.15) is 0 Å². The molecule has 2 fully saturated rings. The van der Waals surface area contributed by atoms with E-state index in [0.29, 0.717) is 23.8 Å². The molecule has 6 heteroatoms. The maximum absolute atomic E-state index is 14.5. The molecule has 0 bridgehead atoms. The SMILES string of the molecule is CCC(CC)[C@@H]1C[C@H](c2ccccc2)CCN1C(=O)[C@@H]1CNC[C@]12CCCc1nc(N(C)C)sc12. The molecular formula is C29H42N4OS. The van der Waals surface area contributed by atoms with Crippen LogP contribution in [0.3, 0.4) is 0 Å². The number of nitrogens with one attached hydrogen (secondary N) is 1. The van der Waals surface area contributed by atoms with Gasteiger partial charge in [-0.1, -0.05) is 57.0 Å². The number of carbonyl (C=O) groups excluding carboxylic acids is 1. The molecule has 5 rings (SSSR count). The molecule has 0 saturated carbocycles. The molecule has 2 saturated heterocycles. The van der Waals surface area contributed by atoms with Crippen molar-refractivity contribution < 1.29 is 4.79 Å². The van der Waals surface area contributed by atoms with E-state index >= 15 is 0 Å². The predicted octanol–water partition coefficient (Wildman–Crippen LogP) is 5.21. The van der Waals surface area contributed by atoms with Crippen molar-refractivity contribution in [3.8, 4) is 0 Å². The summed E-state index contributed by atoms with van der Waals surface area (Å²) >= 11 is 1.83. The van der Waals surface area contributed by atoms with Gasteiger partial charge in [-0.3, -0.25) is 4.79 Å². The molecule has 3 heterocycles. The highest BCUT2D eigenvalue weighted by molar-refractivity contribution is 7.16. The van der Waals surface area contributed by atoms with Crippen molar-refractivity contribution in [1.29, 1.82) is 0 Å². The number of piperidine rings is 1. The number of benzene rings is 1. The van der Waals surface area contributed by atoms with Crippen LogP contribution < -0.4 is 10.2 Å². The lowest BCUT2D eigenvalue weighted by molar-refractivity contribution is -0.142. The molecule has 3 aliphatic rings. The van der Waals surface area contributed by atoms with E-state index in [-0.39, 0.29) is 11.3 Å². The molecule has 1 spiro atoms. The largest absolute Gasteiger partial charge is 0.354 e. The first-order chi connectivity index (χ1) is 17.0. The van der Waals surface area contributed by atoms with Gasteiger partial charge in [-0.05, 0) is 49.5 Å². The maximum atomic E-state index is 14.5. The number of amides is 1. The lowest BCUT2D eigenvalue weighted by atomic mass is 9.68. The fourth-order valence-electron chi connectivity index (χ4n) is 7.14. The molecule has 4 atom stereocenters. The van der Waals surface area contributed by atoms with Crippen molar-refractivity contribution in [3.63, 3.8) is 0 Å². The molecule has 1 amide bonds. The minimum absolute atomic E-state index is 0.0159. The lowest BCUT2D eigenvalue weighted by Crippen LogP contribution is -2.54. The van der Waals surface area contributed by atoms with Gasteiger partial charge in [0.2, 0.25) is 5.91 Å². The second-order valence-electron chi connectivity index (χ2n) is 11.2. The Morgan fingerprint density at radius 3 is 2.74 bits per heavy atom. The highest BCUT2D eigenvalue weighted by Gasteiger charge is 2.53. The minimum atomic E-state index is -0.0919. The van der Waals surface area contributed by atoms with Gasteiger partial charge >= 0.3 is 0 Å². The molecule has 190 valence electrons. The minimum Gasteiger partial charge on any atom is -0.354 e. The summed E-state index contributed by atoms with van der Waals surface area (Å²) in [5.74, 6) is 1.52. The van der Waals surface area contributed by atoms with E-state index in [1.165, 1.54) is 16.1 Å². The molecule has 0 unspecified atom stereocenters. The number of likely N-dealkylation sites (tertiary alicyclic amines) is 1. The number of aromatic nitrogens is 1. The topological polar surface area (TPSA) is 48.5 Å². The third-order valence-corrected chi connectivity index (χ3v) is 10.6. The predicted molar refractivity (Wildman–Crippen MR) is 145 cm³/mol. The number of rotatable bonds is 6. The number of aryl methyl sites for hydroxylation is 1. The number of anilines is 1. The second kappa shape index (κ2) is 10.2. The normalized spacial score (nSPS) is 28.5. The smallest absolute Gasteiger partial charge is 0.228 e. The average Bonchev–Trinajstić information content (AvgIpc) is 3.51. The first kappa shape index (κ1) is 24.8. The summed E-state index contributed by atoms with van der Waals surface area (Å²) in [6.45, 7) is 7.18. The van der Waals surface area contributed by atoms with E-state index in [1.54, 1.807) is 0 Å². The zero-order chi connectivity index (χ0) is 24.6. The number of carbonyl (C=O) groups is 1. The van der Waals surface area contributed by atoms with Gasteiger partial charge in [-0.2, -0.15) is 0 Å². The lowest BCUT2D eigenvalue weighted by Gasteiger charge is -2.46. The van der Waals surface area contributed by atoms with Gasteiger partial charge in [-0.25, -0.2) is 4.98 Å². The molecule has 2 aliphatic heterocycles. The Labute approximate surface area is 215 Å². The van der Waals surface area contributed by atoms with Crippen LogP contribution in [0.1, 0.15) is 74.4 Å². The van der Waals surface area contributed by atoms with Gasteiger partial charge in [0.15, 0.2) is 5.13 Å². The standard InChI is InChI=1S/C29H42N4OS/c1-5-20(6-2)25-17-22(21-11-8-7-9-12-21)14-16-33(25)27(34)23-18-30-19-29(23)15-10-13-24-26(29)35-28(31-24)32(3)4/h7-9,11-12,20,22-23,25,30H,5-6,10,13-19H2,1-4H3/t22-,23+,25+,29-/m1/s1. The number of nitrogens with zero attached hydrogens (tertiary/aromatic N) is 3. The molecule has 1 aliphatic carbocycles. The first-order valence-electron chi connectivity index (χ1n) is 13.7. The molecule has 1 N–H and O–H groups in total. The summed E-state index contributed by atoms with van der Waals surface area (Å²) in [5.41, 5.74) is 2.59. The average molecular weight is 495 g/mol. The Bertz CT molecular complexity index is 1020. The molecule has 1 aromatic heterocycles. The van der Waals surface area contributed by atoms with Gasteiger partial charge in [0.25, 0.3) is 0 Å². The third kappa shape index (κ3) is 4.42. The zero-order valence-corrected chi connectivity index (χ0v) is 22.7.